The molecule has 0 saturated heterocycles. The molecular weight excluding hydrogens is 563 g/mol. The van der Waals surface area contributed by atoms with Crippen LogP contribution in [0.15, 0.2) is 76.3 Å². The van der Waals surface area contributed by atoms with E-state index in [1.807, 2.05) is 30.3 Å². The highest BCUT2D eigenvalue weighted by molar-refractivity contribution is 9.10. The van der Waals surface area contributed by atoms with Gasteiger partial charge in [-0.2, -0.15) is 5.10 Å². The van der Waals surface area contributed by atoms with Crippen LogP contribution in [-0.4, -0.2) is 17.2 Å². The van der Waals surface area contributed by atoms with Gasteiger partial charge < -0.3 is 9.84 Å². The first kappa shape index (κ1) is 24.4. The molecule has 1 amide bonds. The molecule has 9 heteroatoms. The molecule has 0 aliphatic heterocycles. The van der Waals surface area contributed by atoms with Crippen LogP contribution in [0.3, 0.4) is 0 Å². The van der Waals surface area contributed by atoms with Gasteiger partial charge in [-0.3, -0.25) is 4.79 Å². The van der Waals surface area contributed by atoms with Crippen molar-refractivity contribution in [2.24, 2.45) is 5.10 Å². The lowest BCUT2D eigenvalue weighted by atomic mass is 10.1. The molecule has 4 aromatic carbocycles. The Balaban J connectivity index is 1.43. The Morgan fingerprint density at radius 1 is 0.971 bits per heavy atom. The van der Waals surface area contributed by atoms with E-state index in [-0.39, 0.29) is 17.9 Å². The summed E-state index contributed by atoms with van der Waals surface area (Å²) < 4.78 is 6.44. The number of ether oxygens (including phenoxy) is 1. The topological polar surface area (TPSA) is 70.9 Å². The van der Waals surface area contributed by atoms with Crippen molar-refractivity contribution < 1.29 is 14.6 Å². The van der Waals surface area contributed by atoms with E-state index in [9.17, 15) is 9.90 Å². The number of amides is 1. The molecule has 0 heterocycles. The summed E-state index contributed by atoms with van der Waals surface area (Å²) in [6, 6.07) is 19.2. The zero-order valence-corrected chi connectivity index (χ0v) is 21.2. The van der Waals surface area contributed by atoms with Crippen molar-refractivity contribution in [2.45, 2.75) is 6.61 Å². The van der Waals surface area contributed by atoms with E-state index in [0.717, 1.165) is 16.3 Å². The van der Waals surface area contributed by atoms with Crippen LogP contribution in [0.2, 0.25) is 15.1 Å². The van der Waals surface area contributed by atoms with Crippen LogP contribution in [0.1, 0.15) is 21.5 Å². The monoisotopic (exact) mass is 576 g/mol. The molecule has 4 aromatic rings. The molecule has 34 heavy (non-hydrogen) atoms. The van der Waals surface area contributed by atoms with E-state index in [1.165, 1.54) is 6.21 Å². The fourth-order valence-electron chi connectivity index (χ4n) is 3.21. The number of rotatable bonds is 6. The van der Waals surface area contributed by atoms with Gasteiger partial charge in [-0.05, 0) is 74.2 Å². The van der Waals surface area contributed by atoms with Crippen molar-refractivity contribution in [3.8, 4) is 11.5 Å². The van der Waals surface area contributed by atoms with Crippen molar-refractivity contribution in [1.29, 1.82) is 0 Å². The molecule has 5 nitrogen and oxygen atoms in total. The lowest BCUT2D eigenvalue weighted by Crippen LogP contribution is -2.17. The van der Waals surface area contributed by atoms with Gasteiger partial charge >= 0.3 is 0 Å². The van der Waals surface area contributed by atoms with Crippen molar-refractivity contribution in [2.75, 3.05) is 0 Å². The van der Waals surface area contributed by atoms with E-state index in [4.69, 9.17) is 39.5 Å². The minimum Gasteiger partial charge on any atom is -0.507 e. The summed E-state index contributed by atoms with van der Waals surface area (Å²) in [6.07, 6.45) is 1.44. The van der Waals surface area contributed by atoms with Gasteiger partial charge in [0.05, 0.1) is 31.3 Å². The van der Waals surface area contributed by atoms with E-state index in [2.05, 4.69) is 26.5 Å². The van der Waals surface area contributed by atoms with Gasteiger partial charge in [0.15, 0.2) is 5.75 Å². The first-order valence-electron chi connectivity index (χ1n) is 9.93. The average Bonchev–Trinajstić information content (AvgIpc) is 2.80. The standard InChI is InChI=1S/C25H16BrCl3N2O3/c26-19-7-15(9-22(29)24(19)34-13-14-5-6-20(27)21(28)8-14)12-30-31-25(33)18-10-16-3-1-2-4-17(16)11-23(18)32/h1-12,32H,13H2,(H,31,33). The number of nitrogens with zero attached hydrogens (tertiary/aromatic N) is 1. The molecule has 4 rings (SSSR count). The highest BCUT2D eigenvalue weighted by atomic mass is 79.9. The van der Waals surface area contributed by atoms with Crippen molar-refractivity contribution in [3.05, 3.63) is 103 Å². The minimum absolute atomic E-state index is 0.124. The highest BCUT2D eigenvalue weighted by Crippen LogP contribution is 2.35. The number of carbonyl (C=O) groups is 1. The summed E-state index contributed by atoms with van der Waals surface area (Å²) in [6.45, 7) is 0.244. The summed E-state index contributed by atoms with van der Waals surface area (Å²) in [5, 5.41) is 17.1. The second-order valence-corrected chi connectivity index (χ2v) is 9.34. The maximum absolute atomic E-state index is 12.5. The largest absolute Gasteiger partial charge is 0.507 e. The predicted octanol–water partition coefficient (Wildman–Crippen LogP) is 7.61. The van der Waals surface area contributed by atoms with E-state index >= 15 is 0 Å². The first-order chi connectivity index (χ1) is 16.3. The van der Waals surface area contributed by atoms with E-state index < -0.39 is 5.91 Å². The Bertz CT molecular complexity index is 1400. The number of aromatic hydroxyl groups is 1. The van der Waals surface area contributed by atoms with Crippen LogP contribution < -0.4 is 10.2 Å². The summed E-state index contributed by atoms with van der Waals surface area (Å²) >= 11 is 21.8. The van der Waals surface area contributed by atoms with Crippen LogP contribution in [0.25, 0.3) is 10.8 Å². The minimum atomic E-state index is -0.536. The number of carbonyl (C=O) groups excluding carboxylic acids is 1. The number of nitrogens with one attached hydrogen (secondary N) is 1. The molecule has 2 N–H and O–H groups in total. The van der Waals surface area contributed by atoms with Crippen molar-refractivity contribution in [3.63, 3.8) is 0 Å². The maximum atomic E-state index is 12.5. The van der Waals surface area contributed by atoms with Crippen LogP contribution in [0.4, 0.5) is 0 Å². The van der Waals surface area contributed by atoms with Crippen molar-refractivity contribution in [1.82, 2.24) is 5.43 Å². The summed E-state index contributed by atoms with van der Waals surface area (Å²) in [5.74, 6) is -0.207. The van der Waals surface area contributed by atoms with E-state index in [0.29, 0.717) is 30.9 Å². The lowest BCUT2D eigenvalue weighted by molar-refractivity contribution is 0.0952. The number of phenolic OH excluding ortho intramolecular Hbond substituents is 1. The third kappa shape index (κ3) is 5.65. The Hall–Kier alpha value is -2.77. The molecule has 0 spiro atoms. The maximum Gasteiger partial charge on any atom is 0.275 e. The van der Waals surface area contributed by atoms with Crippen LogP contribution >= 0.6 is 50.7 Å². The third-order valence-electron chi connectivity index (χ3n) is 4.88. The fraction of sp³-hybridized carbons (Fsp3) is 0.0400. The molecule has 172 valence electrons. The van der Waals surface area contributed by atoms with Crippen LogP contribution in [-0.2, 0) is 6.61 Å². The Labute approximate surface area is 219 Å². The number of halogens is 4. The van der Waals surface area contributed by atoms with Gasteiger partial charge in [0.2, 0.25) is 0 Å². The molecule has 0 radical (unpaired) electrons. The van der Waals surface area contributed by atoms with Gasteiger partial charge in [-0.25, -0.2) is 5.43 Å². The van der Waals surface area contributed by atoms with E-state index in [1.54, 1.807) is 36.4 Å². The zero-order valence-electron chi connectivity index (χ0n) is 17.4. The van der Waals surface area contributed by atoms with Crippen LogP contribution in [0.5, 0.6) is 11.5 Å². The zero-order chi connectivity index (χ0) is 24.2. The molecular formula is C25H16BrCl3N2O3. The average molecular weight is 579 g/mol. The van der Waals surface area contributed by atoms with Crippen LogP contribution in [0, 0.1) is 0 Å². The number of hydrogen-bond acceptors (Lipinski definition) is 4. The Kier molecular flexibility index (Phi) is 7.63. The number of benzene rings is 4. The second kappa shape index (κ2) is 10.7. The van der Waals surface area contributed by atoms with Gasteiger partial charge in [0.25, 0.3) is 5.91 Å². The second-order valence-electron chi connectivity index (χ2n) is 7.27. The number of fused-ring (bicyclic) bond motifs is 1. The molecule has 0 saturated carbocycles. The molecule has 0 aliphatic rings. The normalized spacial score (nSPS) is 11.2. The van der Waals surface area contributed by atoms with Gasteiger partial charge in [-0.15, -0.1) is 0 Å². The Morgan fingerprint density at radius 3 is 2.41 bits per heavy atom. The fourth-order valence-corrected chi connectivity index (χ4v) is 4.52. The van der Waals surface area contributed by atoms with Gasteiger partial charge in [0.1, 0.15) is 12.4 Å². The third-order valence-corrected chi connectivity index (χ3v) is 6.48. The quantitative estimate of drug-likeness (QED) is 0.183. The molecule has 0 aliphatic carbocycles. The number of hydrogen-bond donors (Lipinski definition) is 2. The highest BCUT2D eigenvalue weighted by Gasteiger charge is 2.13. The SMILES string of the molecule is O=C(NN=Cc1cc(Cl)c(OCc2ccc(Cl)c(Cl)c2)c(Br)c1)c1cc2ccccc2cc1O. The number of hydrazone groups is 1. The molecule has 0 bridgehead atoms. The number of phenols is 1. The lowest BCUT2D eigenvalue weighted by Gasteiger charge is -2.11. The first-order valence-corrected chi connectivity index (χ1v) is 11.9. The molecule has 0 unspecified atom stereocenters. The summed E-state index contributed by atoms with van der Waals surface area (Å²) in [4.78, 5) is 12.5. The predicted molar refractivity (Wildman–Crippen MR) is 141 cm³/mol. The van der Waals surface area contributed by atoms with Gasteiger partial charge in [0, 0.05) is 0 Å². The summed E-state index contributed by atoms with van der Waals surface area (Å²) in [7, 11) is 0. The smallest absolute Gasteiger partial charge is 0.275 e. The van der Waals surface area contributed by atoms with Crippen molar-refractivity contribution >= 4 is 73.6 Å². The molecule has 0 atom stereocenters. The summed E-state index contributed by atoms with van der Waals surface area (Å²) in [5.41, 5.74) is 4.01. The van der Waals surface area contributed by atoms with Gasteiger partial charge in [-0.1, -0.05) is 65.1 Å². The Morgan fingerprint density at radius 2 is 1.71 bits per heavy atom. The molecule has 0 aromatic heterocycles. The molecule has 0 fully saturated rings.